The zero-order valence-corrected chi connectivity index (χ0v) is 49.7. The molecular weight excluding hydrogens is 1210 g/mol. The molecule has 34 heteroatoms. The number of carbonyl (C=O) groups is 8. The molecule has 8 rings (SSSR count). The summed E-state index contributed by atoms with van der Waals surface area (Å²) >= 11 is 11.1. The SMILES string of the molecule is O=C(O)Cn1nnnc1SCC1=C(C(=O)[O-])N2C(=O)C(NC(=O)[C@H](O)c3cccc(Br)c3)[C@H]2SC1.O=C(O)Cn1nnnc1SCC1=C(C(=O)[O-])N2C(=O)C(NC(=O)[C@H](O)c3cccc(Br)c3)[C@H]2SC1.[K+].[K+]. The molecule has 26 nitrogen and oxygen atoms in total. The Morgan fingerprint density at radius 2 is 1.06 bits per heavy atom. The zero-order valence-electron chi connectivity index (χ0n) is 37.1. The van der Waals surface area contributed by atoms with Crippen LogP contribution in [0.2, 0.25) is 0 Å². The molecule has 6 heterocycles. The van der Waals surface area contributed by atoms with Crippen molar-refractivity contribution in [3.8, 4) is 0 Å². The number of carbonyl (C=O) groups excluding carboxylic acids is 6. The van der Waals surface area contributed by atoms with Crippen LogP contribution in [0.5, 0.6) is 0 Å². The van der Waals surface area contributed by atoms with Crippen molar-refractivity contribution in [2.75, 3.05) is 23.0 Å². The van der Waals surface area contributed by atoms with Crippen LogP contribution in [0.4, 0.5) is 0 Å². The number of tetrazole rings is 2. The number of carboxylic acids is 4. The van der Waals surface area contributed by atoms with Crippen LogP contribution < -0.4 is 124 Å². The maximum absolute atomic E-state index is 12.8. The Morgan fingerprint density at radius 3 is 1.39 bits per heavy atom. The molecule has 0 spiro atoms. The fraction of sp³-hybridized carbons (Fsp3) is 0.316. The van der Waals surface area contributed by atoms with Crippen LogP contribution in [0, 0.1) is 0 Å². The van der Waals surface area contributed by atoms with Crippen molar-refractivity contribution < 1.29 is 172 Å². The van der Waals surface area contributed by atoms with Crippen molar-refractivity contribution in [2.45, 2.75) is 58.4 Å². The van der Waals surface area contributed by atoms with E-state index in [-0.39, 0.29) is 147 Å². The average molecular weight is 1250 g/mol. The number of nitrogens with one attached hydrogen (secondary N) is 2. The minimum absolute atomic E-state index is 0. The Labute approximate surface area is 524 Å². The van der Waals surface area contributed by atoms with E-state index < -0.39 is 95.6 Å². The summed E-state index contributed by atoms with van der Waals surface area (Å²) in [5, 5.41) is 87.8. The van der Waals surface area contributed by atoms with Gasteiger partial charge in [-0.3, -0.25) is 38.6 Å². The van der Waals surface area contributed by atoms with Gasteiger partial charge >= 0.3 is 115 Å². The van der Waals surface area contributed by atoms with Gasteiger partial charge in [0.25, 0.3) is 23.6 Å². The predicted octanol–water partition coefficient (Wildman–Crippen LogP) is -8.49. The fourth-order valence-electron chi connectivity index (χ4n) is 7.04. The quantitative estimate of drug-likeness (QED) is 0.0306. The second-order valence-corrected chi connectivity index (χ2v) is 20.7. The van der Waals surface area contributed by atoms with Gasteiger partial charge in [0.2, 0.25) is 10.3 Å². The summed E-state index contributed by atoms with van der Waals surface area (Å²) in [5.41, 5.74) is 0.790. The second-order valence-electron chi connectivity index (χ2n) is 14.8. The molecule has 2 unspecified atom stereocenters. The average Bonchev–Trinajstić information content (AvgIpc) is 3.97. The van der Waals surface area contributed by atoms with E-state index in [1.807, 2.05) is 0 Å². The van der Waals surface area contributed by atoms with Gasteiger partial charge in [0.05, 0.1) is 23.3 Å². The Morgan fingerprint density at radius 1 is 0.681 bits per heavy atom. The third-order valence-electron chi connectivity index (χ3n) is 10.2. The smallest absolute Gasteiger partial charge is 0.543 e. The predicted molar refractivity (Wildman–Crippen MR) is 245 cm³/mol. The van der Waals surface area contributed by atoms with Crippen molar-refractivity contribution in [1.82, 2.24) is 60.8 Å². The van der Waals surface area contributed by atoms with Crippen molar-refractivity contribution in [3.05, 3.63) is 91.1 Å². The van der Waals surface area contributed by atoms with Gasteiger partial charge in [0, 0.05) is 32.0 Å². The van der Waals surface area contributed by atoms with Gasteiger partial charge in [-0.05, 0) is 67.4 Å². The molecule has 6 N–H and O–H groups in total. The number of benzene rings is 2. The minimum Gasteiger partial charge on any atom is -0.543 e. The van der Waals surface area contributed by atoms with E-state index in [2.05, 4.69) is 73.5 Å². The number of aliphatic carboxylic acids is 4. The number of aromatic nitrogens is 8. The van der Waals surface area contributed by atoms with Crippen LogP contribution in [-0.4, -0.2) is 164 Å². The molecule has 2 saturated heterocycles. The van der Waals surface area contributed by atoms with Crippen molar-refractivity contribution in [1.29, 1.82) is 0 Å². The van der Waals surface area contributed by atoms with Crippen LogP contribution in [0.3, 0.4) is 0 Å². The number of rotatable bonds is 18. The number of halogens is 2. The summed E-state index contributed by atoms with van der Waals surface area (Å²) in [5.74, 6) is -7.67. The van der Waals surface area contributed by atoms with Crippen molar-refractivity contribution in [2.24, 2.45) is 0 Å². The number of thioether (sulfide) groups is 4. The van der Waals surface area contributed by atoms with E-state index >= 15 is 0 Å². The van der Waals surface area contributed by atoms with Gasteiger partial charge in [-0.1, -0.05) is 79.6 Å². The maximum atomic E-state index is 12.8. The third kappa shape index (κ3) is 14.0. The van der Waals surface area contributed by atoms with Gasteiger partial charge in [0.1, 0.15) is 35.9 Å². The normalized spacial score (nSPS) is 19.6. The molecule has 6 atom stereocenters. The Kier molecular flexibility index (Phi) is 22.5. The molecule has 4 amide bonds. The fourth-order valence-corrected chi connectivity index (χ4v) is 12.6. The van der Waals surface area contributed by atoms with Gasteiger partial charge < -0.3 is 50.9 Å². The summed E-state index contributed by atoms with van der Waals surface area (Å²) in [4.78, 5) is 98.4. The van der Waals surface area contributed by atoms with E-state index in [1.165, 1.54) is 23.5 Å². The zero-order chi connectivity index (χ0) is 50.6. The molecule has 4 aliphatic heterocycles. The van der Waals surface area contributed by atoms with Gasteiger partial charge in [0.15, 0.2) is 12.2 Å². The van der Waals surface area contributed by atoms with Crippen molar-refractivity contribution in [3.63, 3.8) is 0 Å². The van der Waals surface area contributed by atoms with Gasteiger partial charge in [-0.15, -0.1) is 33.7 Å². The molecule has 2 fully saturated rings. The molecular formula is C38H32Br2K2N12O14S4. The largest absolute Gasteiger partial charge is 1.00 e. The van der Waals surface area contributed by atoms with Crippen LogP contribution in [0.15, 0.2) is 90.3 Å². The molecule has 0 aliphatic carbocycles. The number of β-lactam (4-membered cyclic amide) rings is 2. The molecule has 368 valence electrons. The number of amides is 4. The summed E-state index contributed by atoms with van der Waals surface area (Å²) in [6.45, 7) is -0.924. The first-order valence-electron chi connectivity index (χ1n) is 19.8. The molecule has 4 aromatic rings. The van der Waals surface area contributed by atoms with E-state index in [0.29, 0.717) is 31.2 Å². The first-order valence-corrected chi connectivity index (χ1v) is 25.4. The summed E-state index contributed by atoms with van der Waals surface area (Å²) < 4.78 is 3.45. The number of aliphatic hydroxyl groups is 2. The summed E-state index contributed by atoms with van der Waals surface area (Å²) in [7, 11) is 0. The van der Waals surface area contributed by atoms with Crippen LogP contribution in [-0.2, 0) is 51.4 Å². The van der Waals surface area contributed by atoms with Crippen molar-refractivity contribution >= 4 is 126 Å². The molecule has 0 saturated carbocycles. The molecule has 72 heavy (non-hydrogen) atoms. The van der Waals surface area contributed by atoms with E-state index in [1.54, 1.807) is 48.5 Å². The number of hydrogen-bond acceptors (Lipinski definition) is 22. The molecule has 2 aromatic carbocycles. The summed E-state index contributed by atoms with van der Waals surface area (Å²) in [6, 6.07) is 11.0. The summed E-state index contributed by atoms with van der Waals surface area (Å²) in [6.07, 6.45) is -3.02. The second kappa shape index (κ2) is 26.9. The van der Waals surface area contributed by atoms with Gasteiger partial charge in [-0.2, -0.15) is 0 Å². The number of carboxylic acid groups (broad SMARTS) is 4. The third-order valence-corrected chi connectivity index (χ3v) is 16.0. The molecule has 0 bridgehead atoms. The first kappa shape index (κ1) is 60.2. The molecule has 0 radical (unpaired) electrons. The monoisotopic (exact) mass is 1240 g/mol. The Bertz CT molecular complexity index is 2680. The Balaban J connectivity index is 0.000000260. The first-order chi connectivity index (χ1) is 33.3. The molecule has 2 aromatic heterocycles. The topological polar surface area (TPSA) is 381 Å². The number of aliphatic hydroxyl groups excluding tert-OH is 2. The number of fused-ring (bicyclic) bond motifs is 2. The van der Waals surface area contributed by atoms with Crippen LogP contribution in [0.1, 0.15) is 23.3 Å². The van der Waals surface area contributed by atoms with Gasteiger partial charge in [-0.25, -0.2) is 9.36 Å². The number of nitrogens with zero attached hydrogens (tertiary/aromatic N) is 10. The minimum atomic E-state index is -1.55. The van der Waals surface area contributed by atoms with Crippen LogP contribution >= 0.6 is 78.9 Å². The maximum Gasteiger partial charge on any atom is 1.00 e. The van der Waals surface area contributed by atoms with E-state index in [0.717, 1.165) is 42.7 Å². The molecule has 4 aliphatic rings. The number of hydrogen-bond donors (Lipinski definition) is 6. The van der Waals surface area contributed by atoms with E-state index in [4.69, 9.17) is 10.2 Å². The Hall–Kier alpha value is -2.63. The standard InChI is InChI=1S/2C19H17BrN6O7S2.2K/c2*20-10-3-1-2-8(4-10)14(29)15(30)21-12-16(31)26-13(18(32)33)9(6-34-17(12)26)7-35-19-22-23-24-25(19)5-11(27)28;;/h2*1-4,12,14,17,29H,5-7H2,(H,21,30)(H,27,28)(H,32,33);;/q;;2*+1/p-2/t2*12?,14-,17-;;/m11../s1. The van der Waals surface area contributed by atoms with E-state index in [9.17, 15) is 58.8 Å². The van der Waals surface area contributed by atoms with Crippen LogP contribution in [0.25, 0.3) is 0 Å².